The van der Waals surface area contributed by atoms with Gasteiger partial charge in [0.15, 0.2) is 0 Å². The molecule has 0 aliphatic rings. The van der Waals surface area contributed by atoms with Crippen molar-refractivity contribution in [3.05, 3.63) is 70.2 Å². The lowest BCUT2D eigenvalue weighted by Gasteiger charge is -2.21. The number of aromatic nitrogens is 2. The first-order chi connectivity index (χ1) is 13.3. The highest BCUT2D eigenvalue weighted by Gasteiger charge is 2.27. The molecule has 0 saturated heterocycles. The van der Waals surface area contributed by atoms with Gasteiger partial charge in [0.2, 0.25) is 21.1 Å². The van der Waals surface area contributed by atoms with Gasteiger partial charge < -0.3 is 0 Å². The third kappa shape index (κ3) is 5.14. The van der Waals surface area contributed by atoms with E-state index in [1.165, 1.54) is 35.6 Å². The number of carbonyl (C=O) groups excluding carboxylic acids is 1. The van der Waals surface area contributed by atoms with Crippen molar-refractivity contribution < 1.29 is 13.2 Å². The van der Waals surface area contributed by atoms with Gasteiger partial charge in [0, 0.05) is 11.6 Å². The number of nitrogens with one attached hydrogen (secondary N) is 1. The van der Waals surface area contributed by atoms with Crippen LogP contribution in [0.25, 0.3) is 0 Å². The number of rotatable bonds is 7. The number of amides is 1. The largest absolute Gasteiger partial charge is 0.299 e. The molecule has 0 saturated carbocycles. The lowest BCUT2D eigenvalue weighted by molar-refractivity contribution is -0.116. The smallest absolute Gasteiger partial charge is 0.243 e. The maximum atomic E-state index is 13.1. The summed E-state index contributed by atoms with van der Waals surface area (Å²) in [5.74, 6) is -0.496. The Hall–Kier alpha value is -2.33. The third-order valence-corrected chi connectivity index (χ3v) is 6.56. The monoisotopic (exact) mass is 436 g/mol. The molecule has 7 nitrogen and oxygen atoms in total. The minimum Gasteiger partial charge on any atom is -0.299 e. The van der Waals surface area contributed by atoms with E-state index in [-0.39, 0.29) is 18.0 Å². The van der Waals surface area contributed by atoms with E-state index in [4.69, 9.17) is 11.6 Å². The van der Waals surface area contributed by atoms with E-state index in [0.29, 0.717) is 15.2 Å². The van der Waals surface area contributed by atoms with Gasteiger partial charge in [-0.15, -0.1) is 10.2 Å². The highest BCUT2D eigenvalue weighted by Crippen LogP contribution is 2.21. The van der Waals surface area contributed by atoms with Crippen molar-refractivity contribution >= 4 is 44.0 Å². The summed E-state index contributed by atoms with van der Waals surface area (Å²) in [6, 6.07) is 14.9. The number of carbonyl (C=O) groups is 1. The van der Waals surface area contributed by atoms with Gasteiger partial charge in [-0.2, -0.15) is 4.31 Å². The number of halogens is 1. The van der Waals surface area contributed by atoms with Gasteiger partial charge in [0.25, 0.3) is 0 Å². The molecule has 3 aromatic rings. The molecule has 1 heterocycles. The van der Waals surface area contributed by atoms with Crippen LogP contribution >= 0.6 is 22.9 Å². The number of nitrogens with zero attached hydrogens (tertiary/aromatic N) is 3. The predicted molar refractivity (Wildman–Crippen MR) is 109 cm³/mol. The highest BCUT2D eigenvalue weighted by atomic mass is 35.5. The number of hydrogen-bond acceptors (Lipinski definition) is 6. The lowest BCUT2D eigenvalue weighted by Crippen LogP contribution is -2.37. The highest BCUT2D eigenvalue weighted by molar-refractivity contribution is 7.89. The van der Waals surface area contributed by atoms with Crippen LogP contribution in [0.1, 0.15) is 10.6 Å². The molecule has 2 aromatic carbocycles. The first kappa shape index (κ1) is 20.4. The Bertz CT molecular complexity index is 1050. The van der Waals surface area contributed by atoms with E-state index in [1.807, 2.05) is 18.2 Å². The molecule has 3 rings (SSSR count). The first-order valence-corrected chi connectivity index (χ1v) is 10.9. The number of benzene rings is 2. The van der Waals surface area contributed by atoms with Crippen LogP contribution in [0.15, 0.2) is 59.5 Å². The summed E-state index contributed by atoms with van der Waals surface area (Å²) in [5.41, 5.74) is 0.764. The minimum absolute atomic E-state index is 0.0500. The van der Waals surface area contributed by atoms with Crippen molar-refractivity contribution in [2.75, 3.05) is 11.9 Å². The molecule has 0 aliphatic heterocycles. The Labute approximate surface area is 172 Å². The normalized spacial score (nSPS) is 11.5. The van der Waals surface area contributed by atoms with Crippen molar-refractivity contribution in [1.29, 1.82) is 0 Å². The van der Waals surface area contributed by atoms with E-state index < -0.39 is 15.9 Å². The molecular formula is C18H17ClN4O3S2. The van der Waals surface area contributed by atoms with Crippen LogP contribution < -0.4 is 5.32 Å². The lowest BCUT2D eigenvalue weighted by atomic mass is 10.2. The van der Waals surface area contributed by atoms with E-state index >= 15 is 0 Å². The van der Waals surface area contributed by atoms with Gasteiger partial charge in [-0.25, -0.2) is 8.42 Å². The average Bonchev–Trinajstić information content (AvgIpc) is 3.07. The van der Waals surface area contributed by atoms with Crippen LogP contribution in [0, 0.1) is 6.92 Å². The molecule has 28 heavy (non-hydrogen) atoms. The molecule has 1 N–H and O–H groups in total. The summed E-state index contributed by atoms with van der Waals surface area (Å²) in [6.07, 6.45) is 0. The summed E-state index contributed by atoms with van der Waals surface area (Å²) in [6.45, 7) is 1.45. The molecular weight excluding hydrogens is 420 g/mol. The standard InChI is InChI=1S/C18H17ClN4O3S2/c1-13-21-22-18(27-13)20-17(24)12-23(11-14-5-3-2-4-6-14)28(25,26)16-9-7-15(19)8-10-16/h2-10H,11-12H2,1H3,(H,20,22,24). The van der Waals surface area contributed by atoms with Crippen LogP contribution in [0.4, 0.5) is 5.13 Å². The van der Waals surface area contributed by atoms with Gasteiger partial charge in [-0.3, -0.25) is 10.1 Å². The quantitative estimate of drug-likeness (QED) is 0.613. The van der Waals surface area contributed by atoms with Crippen molar-refractivity contribution in [2.24, 2.45) is 0 Å². The summed E-state index contributed by atoms with van der Waals surface area (Å²) >= 11 is 7.08. The number of aryl methyl sites for hydroxylation is 1. The summed E-state index contributed by atoms with van der Waals surface area (Å²) in [4.78, 5) is 12.5. The molecule has 1 aromatic heterocycles. The predicted octanol–water partition coefficient (Wildman–Crippen LogP) is 3.33. The Morgan fingerprint density at radius 3 is 2.39 bits per heavy atom. The molecule has 0 fully saturated rings. The van der Waals surface area contributed by atoms with E-state index in [0.717, 1.165) is 9.87 Å². The van der Waals surface area contributed by atoms with Gasteiger partial charge in [0.05, 0.1) is 11.4 Å². The maximum absolute atomic E-state index is 13.1. The fraction of sp³-hybridized carbons (Fsp3) is 0.167. The molecule has 0 spiro atoms. The number of anilines is 1. The van der Waals surface area contributed by atoms with Crippen LogP contribution in [0.5, 0.6) is 0 Å². The molecule has 0 atom stereocenters. The van der Waals surface area contributed by atoms with Gasteiger partial charge >= 0.3 is 0 Å². The fourth-order valence-corrected chi connectivity index (χ4v) is 4.55. The summed E-state index contributed by atoms with van der Waals surface area (Å²) in [7, 11) is -3.92. The second-order valence-electron chi connectivity index (χ2n) is 5.89. The Kier molecular flexibility index (Phi) is 6.40. The van der Waals surface area contributed by atoms with E-state index in [2.05, 4.69) is 15.5 Å². The SMILES string of the molecule is Cc1nnc(NC(=O)CN(Cc2ccccc2)S(=O)(=O)c2ccc(Cl)cc2)s1. The molecule has 0 bridgehead atoms. The van der Waals surface area contributed by atoms with Gasteiger partial charge in [-0.05, 0) is 36.8 Å². The zero-order valence-corrected chi connectivity index (χ0v) is 17.3. The first-order valence-electron chi connectivity index (χ1n) is 8.24. The molecule has 1 amide bonds. The maximum Gasteiger partial charge on any atom is 0.243 e. The van der Waals surface area contributed by atoms with Crippen LogP contribution in [-0.4, -0.2) is 35.4 Å². The third-order valence-electron chi connectivity index (χ3n) is 3.75. The average molecular weight is 437 g/mol. The molecule has 146 valence electrons. The summed E-state index contributed by atoms with van der Waals surface area (Å²) < 4.78 is 27.4. The van der Waals surface area contributed by atoms with Gasteiger partial charge in [-0.1, -0.05) is 53.3 Å². The van der Waals surface area contributed by atoms with Crippen molar-refractivity contribution in [1.82, 2.24) is 14.5 Å². The zero-order valence-electron chi connectivity index (χ0n) is 14.9. The fourth-order valence-electron chi connectivity index (χ4n) is 2.43. The number of hydrogen-bond donors (Lipinski definition) is 1. The molecule has 10 heteroatoms. The summed E-state index contributed by atoms with van der Waals surface area (Å²) in [5, 5.41) is 11.7. The Balaban J connectivity index is 1.85. The van der Waals surface area contributed by atoms with E-state index in [9.17, 15) is 13.2 Å². The van der Waals surface area contributed by atoms with Crippen LogP contribution in [0.2, 0.25) is 5.02 Å². The molecule has 0 aliphatic carbocycles. The Morgan fingerprint density at radius 2 is 1.79 bits per heavy atom. The van der Waals surface area contributed by atoms with Gasteiger partial charge in [0.1, 0.15) is 5.01 Å². The number of sulfonamides is 1. The second-order valence-corrected chi connectivity index (χ2v) is 9.44. The minimum atomic E-state index is -3.92. The second kappa shape index (κ2) is 8.78. The topological polar surface area (TPSA) is 92.3 Å². The Morgan fingerprint density at radius 1 is 1.11 bits per heavy atom. The zero-order chi connectivity index (χ0) is 20.1. The van der Waals surface area contributed by atoms with Crippen LogP contribution in [-0.2, 0) is 21.4 Å². The van der Waals surface area contributed by atoms with E-state index in [1.54, 1.807) is 19.1 Å². The van der Waals surface area contributed by atoms with Crippen molar-refractivity contribution in [3.8, 4) is 0 Å². The van der Waals surface area contributed by atoms with Crippen molar-refractivity contribution in [3.63, 3.8) is 0 Å². The van der Waals surface area contributed by atoms with Crippen LogP contribution in [0.3, 0.4) is 0 Å². The molecule has 0 unspecified atom stereocenters. The molecule has 0 radical (unpaired) electrons. The van der Waals surface area contributed by atoms with Crippen molar-refractivity contribution in [2.45, 2.75) is 18.4 Å².